The number of hydrogen-bond acceptors (Lipinski definition) is 1. The summed E-state index contributed by atoms with van der Waals surface area (Å²) in [5, 5.41) is 2.34. The van der Waals surface area contributed by atoms with Crippen LogP contribution in [0.15, 0.2) is 35.0 Å². The molecule has 0 radical (unpaired) electrons. The van der Waals surface area contributed by atoms with Crippen LogP contribution in [0.3, 0.4) is 0 Å². The predicted molar refractivity (Wildman–Crippen MR) is 70.7 cm³/mol. The van der Waals surface area contributed by atoms with Crippen molar-refractivity contribution in [1.29, 1.82) is 0 Å². The Hall–Kier alpha value is -1.37. The number of rotatable bonds is 0. The Balaban J connectivity index is 0.000000606. The van der Waals surface area contributed by atoms with Crippen molar-refractivity contribution in [2.24, 2.45) is 10.9 Å². The van der Waals surface area contributed by atoms with E-state index in [2.05, 4.69) is 50.0 Å². The Kier molecular flexibility index (Phi) is 4.48. The maximum absolute atomic E-state index is 4.47. The average Bonchev–Trinajstić information content (AvgIpc) is 2.42. The summed E-state index contributed by atoms with van der Waals surface area (Å²) in [6.07, 6.45) is 4.26. The van der Waals surface area contributed by atoms with Crippen LogP contribution < -0.4 is 10.6 Å². The lowest BCUT2D eigenvalue weighted by molar-refractivity contribution is 0.908. The Morgan fingerprint density at radius 1 is 1.12 bits per heavy atom. The standard InChI is InChI=1S/C13H15N.C2H6/c1-9-4-5-13-12(6-9)7-10(2)11(3)8-14-13;1-2/h4-8,10H,1-3H3;1-2H3. The lowest BCUT2D eigenvalue weighted by atomic mass is 10.0. The SMILES string of the molecule is CC.CC1=CN=c2ccc(C)cc2=CC1C. The van der Waals surface area contributed by atoms with Gasteiger partial charge in [0.2, 0.25) is 0 Å². The fourth-order valence-corrected chi connectivity index (χ4v) is 1.61. The second-order valence-electron chi connectivity index (χ2n) is 4.02. The van der Waals surface area contributed by atoms with Crippen LogP contribution in [0.25, 0.3) is 6.08 Å². The molecule has 1 aromatic rings. The van der Waals surface area contributed by atoms with Gasteiger partial charge < -0.3 is 0 Å². The summed E-state index contributed by atoms with van der Waals surface area (Å²) in [5.41, 5.74) is 2.61. The minimum atomic E-state index is 0.488. The first-order chi connectivity index (χ1) is 7.66. The summed E-state index contributed by atoms with van der Waals surface area (Å²) in [6, 6.07) is 6.39. The minimum Gasteiger partial charge on any atom is -0.256 e. The molecule has 0 saturated carbocycles. The van der Waals surface area contributed by atoms with E-state index in [1.54, 1.807) is 0 Å². The highest BCUT2D eigenvalue weighted by molar-refractivity contribution is 5.36. The predicted octanol–water partition coefficient (Wildman–Crippen LogP) is 2.97. The zero-order valence-corrected chi connectivity index (χ0v) is 10.9. The van der Waals surface area contributed by atoms with Crippen LogP contribution in [0, 0.1) is 12.8 Å². The highest BCUT2D eigenvalue weighted by Crippen LogP contribution is 2.11. The molecule has 0 fully saturated rings. The number of fused-ring (bicyclic) bond motifs is 1. The van der Waals surface area contributed by atoms with E-state index in [0.717, 1.165) is 5.36 Å². The van der Waals surface area contributed by atoms with Gasteiger partial charge >= 0.3 is 0 Å². The molecule has 1 heteroatoms. The molecule has 1 aliphatic rings. The summed E-state index contributed by atoms with van der Waals surface area (Å²) in [4.78, 5) is 4.47. The number of hydrogen-bond donors (Lipinski definition) is 0. The molecule has 0 saturated heterocycles. The van der Waals surface area contributed by atoms with Crippen molar-refractivity contribution in [3.05, 3.63) is 46.1 Å². The van der Waals surface area contributed by atoms with Crippen LogP contribution in [0.1, 0.15) is 33.3 Å². The molecular formula is C15H21N. The number of allylic oxidation sites excluding steroid dienone is 1. The smallest absolute Gasteiger partial charge is 0.0699 e. The molecule has 0 spiro atoms. The van der Waals surface area contributed by atoms with Crippen LogP contribution in [-0.4, -0.2) is 0 Å². The van der Waals surface area contributed by atoms with Crippen molar-refractivity contribution in [2.45, 2.75) is 34.6 Å². The summed E-state index contributed by atoms with van der Waals surface area (Å²) >= 11 is 0. The number of nitrogens with zero attached hydrogens (tertiary/aromatic N) is 1. The van der Waals surface area contributed by atoms with Gasteiger partial charge in [0.25, 0.3) is 0 Å². The fourth-order valence-electron chi connectivity index (χ4n) is 1.61. The summed E-state index contributed by atoms with van der Waals surface area (Å²) in [7, 11) is 0. The summed E-state index contributed by atoms with van der Waals surface area (Å²) < 4.78 is 0. The van der Waals surface area contributed by atoms with E-state index in [0.29, 0.717) is 5.92 Å². The first kappa shape index (κ1) is 12.7. The largest absolute Gasteiger partial charge is 0.256 e. The number of aryl methyl sites for hydroxylation is 1. The van der Waals surface area contributed by atoms with Crippen molar-refractivity contribution in [3.8, 4) is 0 Å². The first-order valence-electron chi connectivity index (χ1n) is 6.00. The van der Waals surface area contributed by atoms with Gasteiger partial charge in [0.15, 0.2) is 0 Å². The van der Waals surface area contributed by atoms with Gasteiger partial charge in [-0.05, 0) is 36.6 Å². The molecule has 0 aliphatic carbocycles. The molecule has 86 valence electrons. The molecule has 1 aliphatic heterocycles. The molecule has 0 N–H and O–H groups in total. The zero-order chi connectivity index (χ0) is 12.1. The van der Waals surface area contributed by atoms with Crippen molar-refractivity contribution in [2.75, 3.05) is 0 Å². The molecule has 1 aromatic carbocycles. The molecule has 2 rings (SSSR count). The molecule has 16 heavy (non-hydrogen) atoms. The third-order valence-corrected chi connectivity index (χ3v) is 2.74. The quantitative estimate of drug-likeness (QED) is 0.631. The Bertz CT molecular complexity index is 495. The van der Waals surface area contributed by atoms with Gasteiger partial charge in [-0.1, -0.05) is 44.5 Å². The highest BCUT2D eigenvalue weighted by atomic mass is 14.7. The van der Waals surface area contributed by atoms with Crippen LogP contribution >= 0.6 is 0 Å². The third kappa shape index (κ3) is 2.82. The topological polar surface area (TPSA) is 12.4 Å². The Morgan fingerprint density at radius 3 is 2.50 bits per heavy atom. The van der Waals surface area contributed by atoms with Gasteiger partial charge in [-0.25, -0.2) is 0 Å². The van der Waals surface area contributed by atoms with E-state index in [9.17, 15) is 0 Å². The monoisotopic (exact) mass is 215 g/mol. The van der Waals surface area contributed by atoms with E-state index < -0.39 is 0 Å². The maximum Gasteiger partial charge on any atom is 0.0699 e. The van der Waals surface area contributed by atoms with Gasteiger partial charge in [-0.2, -0.15) is 0 Å². The van der Waals surface area contributed by atoms with Gasteiger partial charge in [0.05, 0.1) is 5.36 Å². The van der Waals surface area contributed by atoms with Gasteiger partial charge in [0.1, 0.15) is 0 Å². The molecule has 0 bridgehead atoms. The van der Waals surface area contributed by atoms with Gasteiger partial charge in [0, 0.05) is 6.20 Å². The highest BCUT2D eigenvalue weighted by Gasteiger charge is 2.02. The van der Waals surface area contributed by atoms with Crippen molar-refractivity contribution >= 4 is 6.08 Å². The van der Waals surface area contributed by atoms with Crippen molar-refractivity contribution < 1.29 is 0 Å². The third-order valence-electron chi connectivity index (χ3n) is 2.74. The molecule has 1 nitrogen and oxygen atoms in total. The van der Waals surface area contributed by atoms with E-state index in [1.165, 1.54) is 16.4 Å². The van der Waals surface area contributed by atoms with Crippen LogP contribution in [-0.2, 0) is 0 Å². The normalized spacial score (nSPS) is 17.8. The maximum atomic E-state index is 4.47. The van der Waals surface area contributed by atoms with Crippen LogP contribution in [0.4, 0.5) is 0 Å². The molecule has 0 aromatic heterocycles. The van der Waals surface area contributed by atoms with E-state index in [1.807, 2.05) is 20.0 Å². The average molecular weight is 215 g/mol. The minimum absolute atomic E-state index is 0.488. The summed E-state index contributed by atoms with van der Waals surface area (Å²) in [6.45, 7) is 10.5. The molecule has 1 atom stereocenters. The second kappa shape index (κ2) is 5.64. The molecule has 1 unspecified atom stereocenters. The van der Waals surface area contributed by atoms with Crippen molar-refractivity contribution in [3.63, 3.8) is 0 Å². The van der Waals surface area contributed by atoms with Gasteiger partial charge in [-0.15, -0.1) is 0 Å². The molecular weight excluding hydrogens is 194 g/mol. The zero-order valence-electron chi connectivity index (χ0n) is 10.9. The van der Waals surface area contributed by atoms with E-state index in [-0.39, 0.29) is 0 Å². The first-order valence-corrected chi connectivity index (χ1v) is 6.00. The fraction of sp³-hybridized carbons (Fsp3) is 0.400. The van der Waals surface area contributed by atoms with E-state index >= 15 is 0 Å². The Morgan fingerprint density at radius 2 is 1.81 bits per heavy atom. The van der Waals surface area contributed by atoms with Gasteiger partial charge in [-0.3, -0.25) is 4.99 Å². The molecule has 0 amide bonds. The summed E-state index contributed by atoms with van der Waals surface area (Å²) in [5.74, 6) is 0.488. The number of benzene rings is 1. The molecule has 1 heterocycles. The lowest BCUT2D eigenvalue weighted by Gasteiger charge is -2.02. The van der Waals surface area contributed by atoms with Crippen molar-refractivity contribution in [1.82, 2.24) is 0 Å². The lowest BCUT2D eigenvalue weighted by Crippen LogP contribution is -2.24. The van der Waals surface area contributed by atoms with Crippen LogP contribution in [0.5, 0.6) is 0 Å². The van der Waals surface area contributed by atoms with E-state index in [4.69, 9.17) is 0 Å². The second-order valence-corrected chi connectivity index (χ2v) is 4.02. The van der Waals surface area contributed by atoms with Crippen LogP contribution in [0.2, 0.25) is 0 Å². The Labute approximate surface area is 98.2 Å².